The molecule has 0 unspecified atom stereocenters. The van der Waals surface area contributed by atoms with Crippen molar-refractivity contribution in [1.82, 2.24) is 10.3 Å². The zero-order chi connectivity index (χ0) is 14.3. The smallest absolute Gasteiger partial charge is 0.269 e. The average molecular weight is 264 g/mol. The molecular weight excluding hydrogens is 240 g/mol. The van der Waals surface area contributed by atoms with E-state index < -0.39 is 0 Å². The van der Waals surface area contributed by atoms with Crippen molar-refractivity contribution >= 4 is 5.91 Å². The standard InChI is InChI=1S/C15H24N2O2/c1-15(2,3)10-12-6-7-13(17-11-12)14(18)16-8-5-9-19-4/h6-7,11H,5,8-10H2,1-4H3,(H,16,18). The number of nitrogens with one attached hydrogen (secondary N) is 1. The quantitative estimate of drug-likeness (QED) is 0.803. The molecule has 0 spiro atoms. The van der Waals surface area contributed by atoms with Gasteiger partial charge in [-0.25, -0.2) is 0 Å². The molecule has 0 bridgehead atoms. The van der Waals surface area contributed by atoms with Gasteiger partial charge in [0.15, 0.2) is 0 Å². The third-order valence-corrected chi connectivity index (χ3v) is 2.60. The molecule has 1 N–H and O–H groups in total. The van der Waals surface area contributed by atoms with Crippen molar-refractivity contribution in [2.45, 2.75) is 33.6 Å². The summed E-state index contributed by atoms with van der Waals surface area (Å²) in [5.41, 5.74) is 1.85. The molecule has 0 atom stereocenters. The maximum atomic E-state index is 11.8. The second-order valence-electron chi connectivity index (χ2n) is 5.89. The number of rotatable bonds is 6. The van der Waals surface area contributed by atoms with Gasteiger partial charge in [0.05, 0.1) is 0 Å². The van der Waals surface area contributed by atoms with Crippen molar-refractivity contribution in [1.29, 1.82) is 0 Å². The molecule has 0 saturated carbocycles. The zero-order valence-corrected chi connectivity index (χ0v) is 12.3. The minimum atomic E-state index is -0.126. The van der Waals surface area contributed by atoms with Gasteiger partial charge in [-0.3, -0.25) is 9.78 Å². The lowest BCUT2D eigenvalue weighted by Gasteiger charge is -2.17. The minimum absolute atomic E-state index is 0.126. The van der Waals surface area contributed by atoms with Crippen molar-refractivity contribution in [3.05, 3.63) is 29.6 Å². The maximum Gasteiger partial charge on any atom is 0.269 e. The van der Waals surface area contributed by atoms with Gasteiger partial charge in [-0.1, -0.05) is 26.8 Å². The van der Waals surface area contributed by atoms with E-state index in [-0.39, 0.29) is 11.3 Å². The lowest BCUT2D eigenvalue weighted by atomic mass is 9.89. The van der Waals surface area contributed by atoms with Gasteiger partial charge in [-0.15, -0.1) is 0 Å². The Labute approximate surface area is 115 Å². The Morgan fingerprint density at radius 3 is 2.63 bits per heavy atom. The summed E-state index contributed by atoms with van der Waals surface area (Å²) in [4.78, 5) is 16.0. The molecule has 0 aromatic carbocycles. The van der Waals surface area contributed by atoms with Crippen LogP contribution >= 0.6 is 0 Å². The van der Waals surface area contributed by atoms with Gasteiger partial charge in [-0.05, 0) is 29.9 Å². The van der Waals surface area contributed by atoms with Crippen LogP contribution in [0, 0.1) is 5.41 Å². The Hall–Kier alpha value is -1.42. The first-order chi connectivity index (χ1) is 8.92. The molecule has 0 fully saturated rings. The summed E-state index contributed by atoms with van der Waals surface area (Å²) >= 11 is 0. The highest BCUT2D eigenvalue weighted by Gasteiger charge is 2.12. The van der Waals surface area contributed by atoms with E-state index in [9.17, 15) is 4.79 Å². The number of hydrogen-bond acceptors (Lipinski definition) is 3. The molecule has 0 radical (unpaired) electrons. The largest absolute Gasteiger partial charge is 0.385 e. The fourth-order valence-corrected chi connectivity index (χ4v) is 1.78. The van der Waals surface area contributed by atoms with Crippen LogP contribution in [-0.2, 0) is 11.2 Å². The van der Waals surface area contributed by atoms with Crippen LogP contribution in [0.2, 0.25) is 0 Å². The second kappa shape index (κ2) is 7.24. The normalized spacial score (nSPS) is 11.4. The first-order valence-corrected chi connectivity index (χ1v) is 6.64. The van der Waals surface area contributed by atoms with Crippen LogP contribution in [0.5, 0.6) is 0 Å². The van der Waals surface area contributed by atoms with E-state index in [4.69, 9.17) is 4.74 Å². The Morgan fingerprint density at radius 2 is 2.11 bits per heavy atom. The highest BCUT2D eigenvalue weighted by Crippen LogP contribution is 2.19. The Kier molecular flexibility index (Phi) is 5.96. The number of aromatic nitrogens is 1. The summed E-state index contributed by atoms with van der Waals surface area (Å²) in [5, 5.41) is 2.82. The average Bonchev–Trinajstić information content (AvgIpc) is 2.33. The van der Waals surface area contributed by atoms with Crippen molar-refractivity contribution in [2.75, 3.05) is 20.3 Å². The topological polar surface area (TPSA) is 51.2 Å². The van der Waals surface area contributed by atoms with Gasteiger partial charge >= 0.3 is 0 Å². The summed E-state index contributed by atoms with van der Waals surface area (Å²) in [6, 6.07) is 3.76. The van der Waals surface area contributed by atoms with E-state index in [0.29, 0.717) is 18.8 Å². The van der Waals surface area contributed by atoms with Gasteiger partial charge in [0.1, 0.15) is 5.69 Å². The molecule has 0 aliphatic rings. The molecule has 4 heteroatoms. The van der Waals surface area contributed by atoms with Gasteiger partial charge in [0.25, 0.3) is 5.91 Å². The van der Waals surface area contributed by atoms with Gasteiger partial charge < -0.3 is 10.1 Å². The summed E-state index contributed by atoms with van der Waals surface area (Å²) < 4.78 is 4.92. The lowest BCUT2D eigenvalue weighted by molar-refractivity contribution is 0.0943. The first kappa shape index (κ1) is 15.6. The Morgan fingerprint density at radius 1 is 1.37 bits per heavy atom. The third-order valence-electron chi connectivity index (χ3n) is 2.60. The van der Waals surface area contributed by atoms with Gasteiger partial charge in [0, 0.05) is 26.5 Å². The Balaban J connectivity index is 2.49. The lowest BCUT2D eigenvalue weighted by Crippen LogP contribution is -2.26. The third kappa shape index (κ3) is 6.34. The molecule has 1 rings (SSSR count). The van der Waals surface area contributed by atoms with E-state index >= 15 is 0 Å². The van der Waals surface area contributed by atoms with Crippen molar-refractivity contribution in [2.24, 2.45) is 5.41 Å². The molecule has 1 aromatic rings. The van der Waals surface area contributed by atoms with Crippen LogP contribution < -0.4 is 5.32 Å². The molecule has 4 nitrogen and oxygen atoms in total. The van der Waals surface area contributed by atoms with Crippen molar-refractivity contribution in [3.63, 3.8) is 0 Å². The fourth-order valence-electron chi connectivity index (χ4n) is 1.78. The number of carbonyl (C=O) groups excluding carboxylic acids is 1. The molecule has 1 heterocycles. The summed E-state index contributed by atoms with van der Waals surface area (Å²) in [6.45, 7) is 7.81. The first-order valence-electron chi connectivity index (χ1n) is 6.64. The fraction of sp³-hybridized carbons (Fsp3) is 0.600. The zero-order valence-electron chi connectivity index (χ0n) is 12.3. The summed E-state index contributed by atoms with van der Waals surface area (Å²) in [5.74, 6) is -0.126. The van der Waals surface area contributed by atoms with Gasteiger partial charge in [-0.2, -0.15) is 0 Å². The summed E-state index contributed by atoms with van der Waals surface area (Å²) in [7, 11) is 1.65. The minimum Gasteiger partial charge on any atom is -0.385 e. The van der Waals surface area contributed by atoms with Crippen molar-refractivity contribution < 1.29 is 9.53 Å². The van der Waals surface area contributed by atoms with Crippen LogP contribution in [0.3, 0.4) is 0 Å². The number of methoxy groups -OCH3 is 1. The van der Waals surface area contributed by atoms with Crippen LogP contribution in [-0.4, -0.2) is 31.2 Å². The van der Waals surface area contributed by atoms with Crippen molar-refractivity contribution in [3.8, 4) is 0 Å². The molecule has 1 aromatic heterocycles. The molecule has 0 aliphatic heterocycles. The second-order valence-corrected chi connectivity index (χ2v) is 5.89. The molecule has 106 valence electrons. The van der Waals surface area contributed by atoms with Gasteiger partial charge in [0.2, 0.25) is 0 Å². The number of carbonyl (C=O) groups is 1. The predicted molar refractivity (Wildman–Crippen MR) is 76.2 cm³/mol. The van der Waals surface area contributed by atoms with Crippen LogP contribution in [0.4, 0.5) is 0 Å². The number of hydrogen-bond donors (Lipinski definition) is 1. The molecular formula is C15H24N2O2. The highest BCUT2D eigenvalue weighted by atomic mass is 16.5. The molecule has 0 saturated heterocycles. The number of nitrogens with zero attached hydrogens (tertiary/aromatic N) is 1. The molecule has 1 amide bonds. The number of pyridine rings is 1. The number of amides is 1. The summed E-state index contributed by atoms with van der Waals surface area (Å²) in [6.07, 6.45) is 3.55. The predicted octanol–water partition coefficient (Wildman–Crippen LogP) is 2.44. The van der Waals surface area contributed by atoms with Crippen LogP contribution in [0.15, 0.2) is 18.3 Å². The van der Waals surface area contributed by atoms with E-state index in [2.05, 4.69) is 31.1 Å². The molecule has 19 heavy (non-hydrogen) atoms. The van der Waals surface area contributed by atoms with E-state index in [1.165, 1.54) is 0 Å². The Bertz CT molecular complexity index is 394. The van der Waals surface area contributed by atoms with E-state index in [0.717, 1.165) is 18.4 Å². The monoisotopic (exact) mass is 264 g/mol. The SMILES string of the molecule is COCCCNC(=O)c1ccc(CC(C)(C)C)cn1. The molecule has 0 aliphatic carbocycles. The van der Waals surface area contributed by atoms with Crippen LogP contribution in [0.25, 0.3) is 0 Å². The highest BCUT2D eigenvalue weighted by molar-refractivity contribution is 5.92. The number of ether oxygens (including phenoxy) is 1. The van der Waals surface area contributed by atoms with Crippen LogP contribution in [0.1, 0.15) is 43.2 Å². The maximum absolute atomic E-state index is 11.8. The van der Waals surface area contributed by atoms with E-state index in [1.54, 1.807) is 19.4 Å². The van der Waals surface area contributed by atoms with E-state index in [1.807, 2.05) is 6.07 Å².